The molecule has 2 N–H and O–H groups in total. The largest absolute Gasteiger partial charge is 0.481 e. The Morgan fingerprint density at radius 3 is 2.65 bits per heavy atom. The number of rotatable bonds is 6. The highest BCUT2D eigenvalue weighted by Crippen LogP contribution is 2.47. The van der Waals surface area contributed by atoms with E-state index in [1.807, 2.05) is 0 Å². The van der Waals surface area contributed by atoms with Crippen LogP contribution >= 0.6 is 7.37 Å². The lowest BCUT2D eigenvalue weighted by Gasteiger charge is -2.21. The van der Waals surface area contributed by atoms with E-state index < -0.39 is 19.0 Å². The summed E-state index contributed by atoms with van der Waals surface area (Å²) in [5.74, 6) is -0.889. The van der Waals surface area contributed by atoms with Crippen LogP contribution in [0.3, 0.4) is 0 Å². The van der Waals surface area contributed by atoms with Gasteiger partial charge in [-0.2, -0.15) is 0 Å². The van der Waals surface area contributed by atoms with Crippen LogP contribution in [0, 0.1) is 0 Å². The lowest BCUT2D eigenvalue weighted by molar-refractivity contribution is -0.136. The summed E-state index contributed by atoms with van der Waals surface area (Å²) in [6.07, 6.45) is 1.16. The van der Waals surface area contributed by atoms with Gasteiger partial charge in [-0.1, -0.05) is 0 Å². The molecule has 0 saturated heterocycles. The van der Waals surface area contributed by atoms with Crippen molar-refractivity contribution in [1.29, 1.82) is 0 Å². The molecule has 0 saturated carbocycles. The molecule has 1 unspecified atom stereocenters. The minimum atomic E-state index is -3.79. The summed E-state index contributed by atoms with van der Waals surface area (Å²) in [5, 5.41) is 9.03. The SMILES string of the molecule is CN(C)CP(=O)(O)[C@H](Cc1ccco1)C(=O)O. The molecule has 7 heteroatoms. The minimum Gasteiger partial charge on any atom is -0.481 e. The highest BCUT2D eigenvalue weighted by molar-refractivity contribution is 7.59. The first-order valence-electron chi connectivity index (χ1n) is 5.04. The van der Waals surface area contributed by atoms with Crippen LogP contribution in [0.15, 0.2) is 22.8 Å². The molecule has 0 aliphatic carbocycles. The highest BCUT2D eigenvalue weighted by atomic mass is 31.2. The molecule has 0 amide bonds. The maximum atomic E-state index is 12.0. The molecular formula is C10H16NO5P. The predicted molar refractivity (Wildman–Crippen MR) is 62.2 cm³/mol. The third-order valence-corrected chi connectivity index (χ3v) is 4.58. The van der Waals surface area contributed by atoms with Gasteiger partial charge in [-0.25, -0.2) is 0 Å². The summed E-state index contributed by atoms with van der Waals surface area (Å²) in [4.78, 5) is 22.4. The fourth-order valence-corrected chi connectivity index (χ4v) is 3.34. The molecule has 2 atom stereocenters. The second kappa shape index (κ2) is 5.49. The second-order valence-corrected chi connectivity index (χ2v) is 6.53. The molecule has 0 aliphatic heterocycles. The van der Waals surface area contributed by atoms with Crippen LogP contribution in [0.5, 0.6) is 0 Å². The Hall–Kier alpha value is -1.10. The number of carbonyl (C=O) groups is 1. The molecule has 96 valence electrons. The van der Waals surface area contributed by atoms with Crippen LogP contribution in [0.2, 0.25) is 0 Å². The van der Waals surface area contributed by atoms with Gasteiger partial charge in [0, 0.05) is 6.42 Å². The van der Waals surface area contributed by atoms with E-state index in [0.717, 1.165) is 0 Å². The van der Waals surface area contributed by atoms with Crippen molar-refractivity contribution in [3.05, 3.63) is 24.2 Å². The highest BCUT2D eigenvalue weighted by Gasteiger charge is 2.38. The maximum absolute atomic E-state index is 12.0. The maximum Gasteiger partial charge on any atom is 0.316 e. The van der Waals surface area contributed by atoms with Gasteiger partial charge in [-0.05, 0) is 26.2 Å². The van der Waals surface area contributed by atoms with E-state index in [0.29, 0.717) is 5.76 Å². The third-order valence-electron chi connectivity index (χ3n) is 2.23. The quantitative estimate of drug-likeness (QED) is 0.744. The Bertz CT molecular complexity index is 414. The van der Waals surface area contributed by atoms with E-state index in [1.165, 1.54) is 11.2 Å². The summed E-state index contributed by atoms with van der Waals surface area (Å²) in [6, 6.07) is 3.20. The van der Waals surface area contributed by atoms with Crippen LogP contribution < -0.4 is 0 Å². The van der Waals surface area contributed by atoms with Crippen molar-refractivity contribution in [3.8, 4) is 0 Å². The van der Waals surface area contributed by atoms with Crippen molar-refractivity contribution in [3.63, 3.8) is 0 Å². The molecule has 0 spiro atoms. The number of furan rings is 1. The zero-order valence-electron chi connectivity index (χ0n) is 9.74. The smallest absolute Gasteiger partial charge is 0.316 e. The number of hydrogen-bond acceptors (Lipinski definition) is 4. The lowest BCUT2D eigenvalue weighted by Crippen LogP contribution is -2.28. The first kappa shape index (κ1) is 14.0. The zero-order valence-corrected chi connectivity index (χ0v) is 10.6. The number of aliphatic carboxylic acids is 1. The van der Waals surface area contributed by atoms with Gasteiger partial charge in [0.15, 0.2) is 0 Å². The number of carboxylic acid groups (broad SMARTS) is 1. The van der Waals surface area contributed by atoms with E-state index in [1.54, 1.807) is 26.2 Å². The van der Waals surface area contributed by atoms with Gasteiger partial charge in [-0.3, -0.25) is 9.36 Å². The van der Waals surface area contributed by atoms with Crippen molar-refractivity contribution in [2.24, 2.45) is 0 Å². The summed E-state index contributed by atoms with van der Waals surface area (Å²) in [6.45, 7) is 0. The third kappa shape index (κ3) is 4.00. The van der Waals surface area contributed by atoms with E-state index in [-0.39, 0.29) is 12.7 Å². The molecule has 1 rings (SSSR count). The van der Waals surface area contributed by atoms with Gasteiger partial charge in [0.25, 0.3) is 0 Å². The Labute approximate surface area is 99.3 Å². The number of hydrogen-bond donors (Lipinski definition) is 2. The van der Waals surface area contributed by atoms with Gasteiger partial charge < -0.3 is 19.3 Å². The Kier molecular flexibility index (Phi) is 4.51. The van der Waals surface area contributed by atoms with Crippen LogP contribution in [0.25, 0.3) is 0 Å². The average molecular weight is 261 g/mol. The molecule has 0 aliphatic rings. The van der Waals surface area contributed by atoms with Crippen LogP contribution in [0.1, 0.15) is 5.76 Å². The topological polar surface area (TPSA) is 91.0 Å². The molecule has 6 nitrogen and oxygen atoms in total. The molecular weight excluding hydrogens is 245 g/mol. The van der Waals surface area contributed by atoms with E-state index in [9.17, 15) is 14.3 Å². The van der Waals surface area contributed by atoms with Crippen molar-refractivity contribution >= 4 is 13.3 Å². The van der Waals surface area contributed by atoms with Gasteiger partial charge in [0.05, 0.1) is 12.5 Å². The molecule has 1 heterocycles. The summed E-state index contributed by atoms with van der Waals surface area (Å²) in [5.41, 5.74) is -1.34. The molecule has 0 aromatic carbocycles. The Balaban J connectivity index is 2.86. The summed E-state index contributed by atoms with van der Waals surface area (Å²) < 4.78 is 17.0. The van der Waals surface area contributed by atoms with Crippen molar-refractivity contribution < 1.29 is 23.8 Å². The average Bonchev–Trinajstić information content (AvgIpc) is 2.63. The van der Waals surface area contributed by atoms with Crippen LogP contribution in [-0.2, 0) is 15.8 Å². The molecule has 0 bridgehead atoms. The molecule has 17 heavy (non-hydrogen) atoms. The van der Waals surface area contributed by atoms with Gasteiger partial charge in [0.1, 0.15) is 11.4 Å². The first-order chi connectivity index (χ1) is 7.83. The fourth-order valence-electron chi connectivity index (χ4n) is 1.53. The Morgan fingerprint density at radius 2 is 2.24 bits per heavy atom. The van der Waals surface area contributed by atoms with Crippen LogP contribution in [-0.4, -0.2) is 46.9 Å². The molecule has 0 radical (unpaired) electrons. The van der Waals surface area contributed by atoms with Gasteiger partial charge in [0.2, 0.25) is 7.37 Å². The summed E-state index contributed by atoms with van der Waals surface area (Å²) in [7, 11) is -0.550. The first-order valence-corrected chi connectivity index (χ1v) is 6.96. The lowest BCUT2D eigenvalue weighted by atomic mass is 10.2. The van der Waals surface area contributed by atoms with Crippen molar-refractivity contribution in [1.82, 2.24) is 4.90 Å². The molecule has 0 fully saturated rings. The zero-order chi connectivity index (χ0) is 13.1. The molecule has 1 aromatic heterocycles. The molecule has 1 aromatic rings. The van der Waals surface area contributed by atoms with Gasteiger partial charge in [-0.15, -0.1) is 0 Å². The minimum absolute atomic E-state index is 0.0794. The standard InChI is InChI=1S/C10H16NO5P/c1-11(2)7-17(14,15)9(10(12)13)6-8-4-3-5-16-8/h3-5,9H,6-7H2,1-2H3,(H,12,13)(H,14,15)/t9-/m1/s1. The van der Waals surface area contributed by atoms with Crippen LogP contribution in [0.4, 0.5) is 0 Å². The van der Waals surface area contributed by atoms with E-state index in [4.69, 9.17) is 9.52 Å². The Morgan fingerprint density at radius 1 is 1.59 bits per heavy atom. The number of carboxylic acids is 1. The summed E-state index contributed by atoms with van der Waals surface area (Å²) >= 11 is 0. The fraction of sp³-hybridized carbons (Fsp3) is 0.500. The number of nitrogens with zero attached hydrogens (tertiary/aromatic N) is 1. The second-order valence-electron chi connectivity index (χ2n) is 4.11. The van der Waals surface area contributed by atoms with E-state index >= 15 is 0 Å². The normalized spacial score (nSPS) is 16.7. The monoisotopic (exact) mass is 261 g/mol. The van der Waals surface area contributed by atoms with Crippen molar-refractivity contribution in [2.45, 2.75) is 12.1 Å². The predicted octanol–water partition coefficient (Wildman–Crippen LogP) is 1.06. The van der Waals surface area contributed by atoms with Gasteiger partial charge >= 0.3 is 5.97 Å². The van der Waals surface area contributed by atoms with Crippen molar-refractivity contribution in [2.75, 3.05) is 20.4 Å². The van der Waals surface area contributed by atoms with E-state index in [2.05, 4.69) is 0 Å².